The molecule has 4 rings (SSSR count). The highest BCUT2D eigenvalue weighted by atomic mass is 35.5. The first-order chi connectivity index (χ1) is 15.3. The SMILES string of the molecule is Cc1cc(OCC(=O)N(Cc2nnc(-c3ccccc3Cl)o2)C2CC2)c(C(C)C)cc1Cl. The maximum atomic E-state index is 13.0. The van der Waals surface area contributed by atoms with Crippen molar-refractivity contribution in [2.24, 2.45) is 0 Å². The summed E-state index contributed by atoms with van der Waals surface area (Å²) < 4.78 is 11.7. The summed E-state index contributed by atoms with van der Waals surface area (Å²) in [5.41, 5.74) is 2.56. The number of halogens is 2. The van der Waals surface area contributed by atoms with Crippen LogP contribution >= 0.6 is 23.2 Å². The Hall–Kier alpha value is -2.57. The van der Waals surface area contributed by atoms with Crippen LogP contribution in [0.25, 0.3) is 11.5 Å². The summed E-state index contributed by atoms with van der Waals surface area (Å²) in [6, 6.07) is 11.2. The predicted molar refractivity (Wildman–Crippen MR) is 124 cm³/mol. The van der Waals surface area contributed by atoms with Gasteiger partial charge in [0.1, 0.15) is 5.75 Å². The van der Waals surface area contributed by atoms with E-state index in [9.17, 15) is 4.79 Å². The van der Waals surface area contributed by atoms with Gasteiger partial charge in [0, 0.05) is 11.1 Å². The van der Waals surface area contributed by atoms with E-state index in [2.05, 4.69) is 24.0 Å². The lowest BCUT2D eigenvalue weighted by molar-refractivity contribution is -0.135. The second-order valence-electron chi connectivity index (χ2n) is 8.32. The molecule has 1 amide bonds. The maximum absolute atomic E-state index is 13.0. The zero-order valence-electron chi connectivity index (χ0n) is 18.3. The van der Waals surface area contributed by atoms with Gasteiger partial charge in [0.05, 0.1) is 17.1 Å². The van der Waals surface area contributed by atoms with Crippen LogP contribution in [0.2, 0.25) is 10.0 Å². The van der Waals surface area contributed by atoms with Crippen LogP contribution in [0.5, 0.6) is 5.75 Å². The fraction of sp³-hybridized carbons (Fsp3) is 0.375. The molecule has 2 aromatic carbocycles. The summed E-state index contributed by atoms with van der Waals surface area (Å²) in [5.74, 6) is 1.49. The number of ether oxygens (including phenoxy) is 1. The Labute approximate surface area is 197 Å². The van der Waals surface area contributed by atoms with E-state index in [1.54, 1.807) is 11.0 Å². The van der Waals surface area contributed by atoms with Crippen LogP contribution in [0.3, 0.4) is 0 Å². The fourth-order valence-electron chi connectivity index (χ4n) is 3.48. The first kappa shape index (κ1) is 22.6. The summed E-state index contributed by atoms with van der Waals surface area (Å²) >= 11 is 12.5. The van der Waals surface area contributed by atoms with Crippen LogP contribution in [0.1, 0.15) is 49.6 Å². The molecule has 0 spiro atoms. The van der Waals surface area contributed by atoms with Gasteiger partial charge in [-0.05, 0) is 61.1 Å². The first-order valence-electron chi connectivity index (χ1n) is 10.6. The molecule has 1 aromatic heterocycles. The van der Waals surface area contributed by atoms with E-state index in [1.165, 1.54) is 0 Å². The van der Waals surface area contributed by atoms with Gasteiger partial charge in [-0.1, -0.05) is 49.2 Å². The minimum absolute atomic E-state index is 0.0667. The molecule has 1 saturated carbocycles. The minimum Gasteiger partial charge on any atom is -0.483 e. The molecular formula is C24H25Cl2N3O3. The second-order valence-corrected chi connectivity index (χ2v) is 9.13. The molecule has 1 heterocycles. The highest BCUT2D eigenvalue weighted by Crippen LogP contribution is 2.33. The summed E-state index contributed by atoms with van der Waals surface area (Å²) in [5, 5.41) is 9.44. The Morgan fingerprint density at radius 1 is 1.19 bits per heavy atom. The Kier molecular flexibility index (Phi) is 6.72. The Morgan fingerprint density at radius 3 is 2.62 bits per heavy atom. The van der Waals surface area contributed by atoms with Gasteiger partial charge in [-0.2, -0.15) is 0 Å². The van der Waals surface area contributed by atoms with Crippen LogP contribution in [0.4, 0.5) is 0 Å². The summed E-state index contributed by atoms with van der Waals surface area (Å²) in [6.45, 7) is 6.23. The second kappa shape index (κ2) is 9.51. The lowest BCUT2D eigenvalue weighted by atomic mass is 10.0. The number of rotatable bonds is 8. The number of carbonyl (C=O) groups excluding carboxylic acids is 1. The quantitative estimate of drug-likeness (QED) is 0.398. The molecule has 1 aliphatic rings. The number of amides is 1. The van der Waals surface area contributed by atoms with Crippen molar-refractivity contribution in [1.82, 2.24) is 15.1 Å². The lowest BCUT2D eigenvalue weighted by Gasteiger charge is -2.22. The molecule has 1 fully saturated rings. The van der Waals surface area contributed by atoms with Crippen LogP contribution in [0.15, 0.2) is 40.8 Å². The van der Waals surface area contributed by atoms with Crippen molar-refractivity contribution in [1.29, 1.82) is 0 Å². The molecule has 0 radical (unpaired) electrons. The highest BCUT2D eigenvalue weighted by molar-refractivity contribution is 6.33. The first-order valence-corrected chi connectivity index (χ1v) is 11.4. The lowest BCUT2D eigenvalue weighted by Crippen LogP contribution is -2.36. The van der Waals surface area contributed by atoms with Crippen molar-refractivity contribution in [3.8, 4) is 17.2 Å². The molecule has 0 aliphatic heterocycles. The van der Waals surface area contributed by atoms with Crippen molar-refractivity contribution < 1.29 is 13.9 Å². The Bertz CT molecular complexity index is 1130. The van der Waals surface area contributed by atoms with Crippen molar-refractivity contribution in [2.45, 2.75) is 52.1 Å². The number of aryl methyl sites for hydroxylation is 1. The molecule has 0 N–H and O–H groups in total. The van der Waals surface area contributed by atoms with Crippen LogP contribution in [-0.4, -0.2) is 33.7 Å². The van der Waals surface area contributed by atoms with Crippen molar-refractivity contribution in [3.05, 3.63) is 63.5 Å². The van der Waals surface area contributed by atoms with Gasteiger partial charge in [0.15, 0.2) is 6.61 Å². The predicted octanol–water partition coefficient (Wildman–Crippen LogP) is 6.05. The molecule has 8 heteroatoms. The summed E-state index contributed by atoms with van der Waals surface area (Å²) in [6.07, 6.45) is 1.91. The number of aromatic nitrogens is 2. The number of hydrogen-bond donors (Lipinski definition) is 0. The average molecular weight is 474 g/mol. The van der Waals surface area contributed by atoms with E-state index in [0.717, 1.165) is 24.0 Å². The van der Waals surface area contributed by atoms with Gasteiger partial charge in [0.25, 0.3) is 5.91 Å². The van der Waals surface area contributed by atoms with Crippen LogP contribution < -0.4 is 4.74 Å². The number of benzene rings is 2. The van der Waals surface area contributed by atoms with Gasteiger partial charge < -0.3 is 14.1 Å². The molecular weight excluding hydrogens is 449 g/mol. The zero-order valence-corrected chi connectivity index (χ0v) is 19.8. The van der Waals surface area contributed by atoms with Gasteiger partial charge in [-0.3, -0.25) is 4.79 Å². The van der Waals surface area contributed by atoms with E-state index in [1.807, 2.05) is 37.3 Å². The summed E-state index contributed by atoms with van der Waals surface area (Å²) in [4.78, 5) is 14.8. The third-order valence-electron chi connectivity index (χ3n) is 5.45. The van der Waals surface area contributed by atoms with E-state index < -0.39 is 0 Å². The van der Waals surface area contributed by atoms with Gasteiger partial charge in [0.2, 0.25) is 11.8 Å². The minimum atomic E-state index is -0.118. The molecule has 1 aliphatic carbocycles. The van der Waals surface area contributed by atoms with E-state index in [0.29, 0.717) is 33.1 Å². The molecule has 0 saturated heterocycles. The number of carbonyl (C=O) groups is 1. The third-order valence-corrected chi connectivity index (χ3v) is 6.19. The number of hydrogen-bond acceptors (Lipinski definition) is 5. The third kappa shape index (κ3) is 5.08. The van der Waals surface area contributed by atoms with Crippen LogP contribution in [0, 0.1) is 6.92 Å². The topological polar surface area (TPSA) is 68.5 Å². The Morgan fingerprint density at radius 2 is 1.94 bits per heavy atom. The molecule has 32 heavy (non-hydrogen) atoms. The van der Waals surface area contributed by atoms with Gasteiger partial charge >= 0.3 is 0 Å². The maximum Gasteiger partial charge on any atom is 0.261 e. The molecule has 6 nitrogen and oxygen atoms in total. The van der Waals surface area contributed by atoms with Crippen molar-refractivity contribution >= 4 is 29.1 Å². The van der Waals surface area contributed by atoms with E-state index in [-0.39, 0.29) is 31.0 Å². The summed E-state index contributed by atoms with van der Waals surface area (Å²) in [7, 11) is 0. The standard InChI is InChI=1S/C24H25Cl2N3O3/c1-14(2)18-11-20(26)15(3)10-21(18)31-13-23(30)29(16-8-9-16)12-22-27-28-24(32-22)17-6-4-5-7-19(17)25/h4-7,10-11,14,16H,8-9,12-13H2,1-3H3. The van der Waals surface area contributed by atoms with Gasteiger partial charge in [-0.15, -0.1) is 10.2 Å². The van der Waals surface area contributed by atoms with Gasteiger partial charge in [-0.25, -0.2) is 0 Å². The van der Waals surface area contributed by atoms with Crippen molar-refractivity contribution in [3.63, 3.8) is 0 Å². The Balaban J connectivity index is 1.46. The molecule has 168 valence electrons. The van der Waals surface area contributed by atoms with E-state index >= 15 is 0 Å². The van der Waals surface area contributed by atoms with E-state index in [4.69, 9.17) is 32.4 Å². The molecule has 0 atom stereocenters. The largest absolute Gasteiger partial charge is 0.483 e. The molecule has 0 unspecified atom stereocenters. The van der Waals surface area contributed by atoms with Crippen molar-refractivity contribution in [2.75, 3.05) is 6.61 Å². The average Bonchev–Trinajstić information content (AvgIpc) is 3.50. The normalized spacial score (nSPS) is 13.4. The zero-order chi connectivity index (χ0) is 22.8. The highest BCUT2D eigenvalue weighted by Gasteiger charge is 2.34. The fourth-order valence-corrected chi connectivity index (χ4v) is 3.87. The molecule has 3 aromatic rings. The number of nitrogens with zero attached hydrogens (tertiary/aromatic N) is 3. The smallest absolute Gasteiger partial charge is 0.261 e. The molecule has 0 bridgehead atoms. The van der Waals surface area contributed by atoms with Crippen LogP contribution in [-0.2, 0) is 11.3 Å². The monoisotopic (exact) mass is 473 g/mol.